The number of nitrogens with zero attached hydrogens (tertiary/aromatic N) is 3. The van der Waals surface area contributed by atoms with Crippen molar-refractivity contribution in [2.75, 3.05) is 0 Å². The molecule has 20 heavy (non-hydrogen) atoms. The Hall–Kier alpha value is -1.91. The maximum atomic E-state index is 11.2. The minimum atomic E-state index is -0.702. The molecule has 0 saturated heterocycles. The number of hydrogen-bond donors (Lipinski definition) is 1. The van der Waals surface area contributed by atoms with Gasteiger partial charge in [-0.2, -0.15) is 0 Å². The number of aliphatic carboxylic acids is 1. The smallest absolute Gasteiger partial charge is 0.303 e. The summed E-state index contributed by atoms with van der Waals surface area (Å²) >= 11 is 0. The van der Waals surface area contributed by atoms with Gasteiger partial charge in [-0.1, -0.05) is 12.8 Å². The average Bonchev–Trinajstić information content (AvgIpc) is 2.96. The summed E-state index contributed by atoms with van der Waals surface area (Å²) in [6.45, 7) is 0. The quantitative estimate of drug-likeness (QED) is 0.929. The molecule has 1 aliphatic carbocycles. The summed E-state index contributed by atoms with van der Waals surface area (Å²) < 4.78 is 2.05. The van der Waals surface area contributed by atoms with E-state index in [4.69, 9.17) is 0 Å². The van der Waals surface area contributed by atoms with Gasteiger partial charge in [0.15, 0.2) is 0 Å². The standard InChI is InChI=1S/C15H19N3O2/c1-18-12-10-16-7-4-11(12)17-13(18)8-15(9-14(19)20)5-2-3-6-15/h4,7,10H,2-3,5-6,8-9H2,1H3,(H,19,20). The highest BCUT2D eigenvalue weighted by atomic mass is 16.4. The molecule has 106 valence electrons. The van der Waals surface area contributed by atoms with Gasteiger partial charge in [0.25, 0.3) is 0 Å². The first-order chi connectivity index (χ1) is 9.60. The minimum Gasteiger partial charge on any atom is -0.481 e. The third-order valence-electron chi connectivity index (χ3n) is 4.50. The summed E-state index contributed by atoms with van der Waals surface area (Å²) in [5.41, 5.74) is 1.82. The van der Waals surface area contributed by atoms with Crippen LogP contribution in [0, 0.1) is 5.41 Å². The highest BCUT2D eigenvalue weighted by Gasteiger charge is 2.37. The maximum absolute atomic E-state index is 11.2. The summed E-state index contributed by atoms with van der Waals surface area (Å²) in [5.74, 6) is 0.267. The van der Waals surface area contributed by atoms with Gasteiger partial charge in [-0.05, 0) is 24.3 Å². The molecule has 1 aliphatic rings. The SMILES string of the molecule is Cn1c(CC2(CC(=O)O)CCCC2)nc2ccncc21. The third-order valence-corrected chi connectivity index (χ3v) is 4.50. The molecular weight excluding hydrogens is 254 g/mol. The molecular formula is C15H19N3O2. The van der Waals surface area contributed by atoms with Crippen LogP contribution in [0.2, 0.25) is 0 Å². The molecule has 1 N–H and O–H groups in total. The number of aromatic nitrogens is 3. The van der Waals surface area contributed by atoms with Gasteiger partial charge >= 0.3 is 5.97 Å². The van der Waals surface area contributed by atoms with E-state index in [-0.39, 0.29) is 11.8 Å². The number of aryl methyl sites for hydroxylation is 1. The summed E-state index contributed by atoms with van der Waals surface area (Å²) in [6.07, 6.45) is 8.75. The molecule has 0 aliphatic heterocycles. The van der Waals surface area contributed by atoms with Crippen LogP contribution in [0.25, 0.3) is 11.0 Å². The van der Waals surface area contributed by atoms with E-state index >= 15 is 0 Å². The third kappa shape index (κ3) is 2.28. The van der Waals surface area contributed by atoms with Crippen LogP contribution in [-0.4, -0.2) is 25.6 Å². The zero-order valence-electron chi connectivity index (χ0n) is 11.7. The lowest BCUT2D eigenvalue weighted by molar-refractivity contribution is -0.139. The number of rotatable bonds is 4. The van der Waals surface area contributed by atoms with Crippen molar-refractivity contribution in [1.29, 1.82) is 0 Å². The minimum absolute atomic E-state index is 0.117. The summed E-state index contributed by atoms with van der Waals surface area (Å²) in [5, 5.41) is 9.19. The van der Waals surface area contributed by atoms with Gasteiger partial charge in [0, 0.05) is 19.7 Å². The first-order valence-corrected chi connectivity index (χ1v) is 7.07. The second-order valence-electron chi connectivity index (χ2n) is 5.91. The molecule has 0 amide bonds. The van der Waals surface area contributed by atoms with Crippen molar-refractivity contribution in [3.63, 3.8) is 0 Å². The second-order valence-corrected chi connectivity index (χ2v) is 5.91. The topological polar surface area (TPSA) is 68.0 Å². The summed E-state index contributed by atoms with van der Waals surface area (Å²) in [6, 6.07) is 1.90. The van der Waals surface area contributed by atoms with Crippen molar-refractivity contribution >= 4 is 17.0 Å². The molecule has 5 heteroatoms. The van der Waals surface area contributed by atoms with Crippen LogP contribution in [0.4, 0.5) is 0 Å². The number of carboxylic acid groups (broad SMARTS) is 1. The van der Waals surface area contributed by atoms with Crippen LogP contribution < -0.4 is 0 Å². The van der Waals surface area contributed by atoms with Crippen LogP contribution in [0.3, 0.4) is 0 Å². The van der Waals surface area contributed by atoms with Crippen LogP contribution >= 0.6 is 0 Å². The fourth-order valence-corrected chi connectivity index (χ4v) is 3.44. The molecule has 3 rings (SSSR count). The number of imidazole rings is 1. The first kappa shape index (κ1) is 13.1. The van der Waals surface area contributed by atoms with E-state index in [1.165, 1.54) is 0 Å². The average molecular weight is 273 g/mol. The first-order valence-electron chi connectivity index (χ1n) is 7.07. The van der Waals surface area contributed by atoms with E-state index < -0.39 is 5.97 Å². The van der Waals surface area contributed by atoms with Gasteiger partial charge < -0.3 is 9.67 Å². The van der Waals surface area contributed by atoms with Crippen molar-refractivity contribution in [2.24, 2.45) is 12.5 Å². The van der Waals surface area contributed by atoms with Gasteiger partial charge in [0.1, 0.15) is 5.82 Å². The molecule has 2 aromatic heterocycles. The molecule has 5 nitrogen and oxygen atoms in total. The van der Waals surface area contributed by atoms with E-state index in [0.29, 0.717) is 0 Å². The lowest BCUT2D eigenvalue weighted by Gasteiger charge is -2.26. The highest BCUT2D eigenvalue weighted by molar-refractivity contribution is 5.74. The van der Waals surface area contributed by atoms with Crippen LogP contribution in [0.5, 0.6) is 0 Å². The van der Waals surface area contributed by atoms with Crippen molar-refractivity contribution in [2.45, 2.75) is 38.5 Å². The van der Waals surface area contributed by atoms with Gasteiger partial charge in [-0.15, -0.1) is 0 Å². The molecule has 2 aromatic rings. The molecule has 0 radical (unpaired) electrons. The van der Waals surface area contributed by atoms with E-state index in [2.05, 4.69) is 9.97 Å². The van der Waals surface area contributed by atoms with Crippen molar-refractivity contribution in [1.82, 2.24) is 14.5 Å². The number of carboxylic acids is 1. The monoisotopic (exact) mass is 273 g/mol. The van der Waals surface area contributed by atoms with Crippen LogP contribution in [0.15, 0.2) is 18.5 Å². The van der Waals surface area contributed by atoms with Crippen LogP contribution in [-0.2, 0) is 18.3 Å². The van der Waals surface area contributed by atoms with E-state index in [0.717, 1.165) is 49.0 Å². The Kier molecular flexibility index (Phi) is 3.20. The highest BCUT2D eigenvalue weighted by Crippen LogP contribution is 2.43. The van der Waals surface area contributed by atoms with Gasteiger partial charge in [0.2, 0.25) is 0 Å². The second kappa shape index (κ2) is 4.89. The predicted molar refractivity (Wildman–Crippen MR) is 75.4 cm³/mol. The normalized spacial score (nSPS) is 17.6. The van der Waals surface area contributed by atoms with Crippen molar-refractivity contribution < 1.29 is 9.90 Å². The molecule has 0 aromatic carbocycles. The lowest BCUT2D eigenvalue weighted by atomic mass is 9.79. The largest absolute Gasteiger partial charge is 0.481 e. The molecule has 2 heterocycles. The van der Waals surface area contributed by atoms with Gasteiger partial charge in [0.05, 0.1) is 23.7 Å². The fraction of sp³-hybridized carbons (Fsp3) is 0.533. The Labute approximate surface area is 117 Å². The van der Waals surface area contributed by atoms with E-state index in [1.54, 1.807) is 6.20 Å². The Bertz CT molecular complexity index is 642. The lowest BCUT2D eigenvalue weighted by Crippen LogP contribution is -2.25. The zero-order valence-corrected chi connectivity index (χ0v) is 11.7. The molecule has 1 saturated carbocycles. The molecule has 1 fully saturated rings. The van der Waals surface area contributed by atoms with Crippen molar-refractivity contribution in [3.05, 3.63) is 24.3 Å². The summed E-state index contributed by atoms with van der Waals surface area (Å²) in [4.78, 5) is 20.0. The number of fused-ring (bicyclic) bond motifs is 1. The molecule has 0 unspecified atom stereocenters. The Morgan fingerprint density at radius 3 is 2.85 bits per heavy atom. The van der Waals surface area contributed by atoms with Crippen molar-refractivity contribution in [3.8, 4) is 0 Å². The Balaban J connectivity index is 1.94. The predicted octanol–water partition coefficient (Wildman–Crippen LogP) is 2.55. The maximum Gasteiger partial charge on any atom is 0.303 e. The molecule has 0 spiro atoms. The number of hydrogen-bond acceptors (Lipinski definition) is 3. The van der Waals surface area contributed by atoms with Gasteiger partial charge in [-0.25, -0.2) is 4.98 Å². The number of carbonyl (C=O) groups is 1. The zero-order chi connectivity index (χ0) is 14.2. The van der Waals surface area contributed by atoms with Gasteiger partial charge in [-0.3, -0.25) is 9.78 Å². The fourth-order valence-electron chi connectivity index (χ4n) is 3.44. The number of pyridine rings is 1. The van der Waals surface area contributed by atoms with Crippen LogP contribution in [0.1, 0.15) is 37.9 Å². The Morgan fingerprint density at radius 2 is 2.20 bits per heavy atom. The van der Waals surface area contributed by atoms with E-state index in [1.807, 2.05) is 23.9 Å². The molecule has 0 bridgehead atoms. The molecule has 0 atom stereocenters. The van der Waals surface area contributed by atoms with E-state index in [9.17, 15) is 9.90 Å². The summed E-state index contributed by atoms with van der Waals surface area (Å²) in [7, 11) is 1.98. The Morgan fingerprint density at radius 1 is 1.45 bits per heavy atom.